The Balaban J connectivity index is 0.000000690. The van der Waals surface area contributed by atoms with Crippen molar-refractivity contribution in [1.29, 1.82) is 0 Å². The number of ketones is 1. The first-order valence-corrected chi connectivity index (χ1v) is 8.15. The van der Waals surface area contributed by atoms with E-state index in [1.165, 1.54) is 0 Å². The van der Waals surface area contributed by atoms with E-state index in [4.69, 9.17) is 25.0 Å². The van der Waals surface area contributed by atoms with E-state index in [0.717, 1.165) is 0 Å². The summed E-state index contributed by atoms with van der Waals surface area (Å²) >= 11 is 3.04. The first-order chi connectivity index (χ1) is 9.56. The van der Waals surface area contributed by atoms with Gasteiger partial charge in [-0.25, -0.2) is 9.55 Å². The molecule has 0 saturated heterocycles. The predicted octanol–water partition coefficient (Wildman–Crippen LogP) is -0.304. The number of aliphatic hydroxyl groups excluding tert-OH is 1. The SMILES string of the molecule is Cc1nc(C(=O)CBr)c(CO)c(CN)c1O.O=P(O)(O)O. The van der Waals surface area contributed by atoms with Crippen molar-refractivity contribution in [2.45, 2.75) is 20.1 Å². The maximum Gasteiger partial charge on any atom is 0.466 e. The first kappa shape index (κ1) is 20.1. The summed E-state index contributed by atoms with van der Waals surface area (Å²) in [5.74, 6) is -0.306. The summed E-state index contributed by atoms with van der Waals surface area (Å²) in [4.78, 5) is 37.1. The van der Waals surface area contributed by atoms with Crippen LogP contribution in [0.4, 0.5) is 0 Å². The Morgan fingerprint density at radius 2 is 1.81 bits per heavy atom. The van der Waals surface area contributed by atoms with Gasteiger partial charge >= 0.3 is 7.82 Å². The van der Waals surface area contributed by atoms with Crippen molar-refractivity contribution >= 4 is 29.5 Å². The van der Waals surface area contributed by atoms with Crippen molar-refractivity contribution in [3.05, 3.63) is 22.5 Å². The van der Waals surface area contributed by atoms with E-state index < -0.39 is 7.82 Å². The fourth-order valence-corrected chi connectivity index (χ4v) is 1.74. The third kappa shape index (κ3) is 6.62. The van der Waals surface area contributed by atoms with Crippen molar-refractivity contribution in [2.24, 2.45) is 5.73 Å². The Hall–Kier alpha value is -0.870. The van der Waals surface area contributed by atoms with Gasteiger partial charge in [0.15, 0.2) is 5.78 Å². The van der Waals surface area contributed by atoms with Crippen molar-refractivity contribution in [3.8, 4) is 5.75 Å². The number of alkyl halides is 1. The first-order valence-electron chi connectivity index (χ1n) is 5.46. The van der Waals surface area contributed by atoms with E-state index in [-0.39, 0.29) is 35.7 Å². The number of hydrogen-bond donors (Lipinski definition) is 6. The summed E-state index contributed by atoms with van der Waals surface area (Å²) in [6.45, 7) is 1.26. The zero-order valence-corrected chi connectivity index (χ0v) is 13.5. The lowest BCUT2D eigenvalue weighted by atomic mass is 10.0. The topological polar surface area (TPSA) is 174 Å². The smallest absolute Gasteiger partial charge is 0.466 e. The van der Waals surface area contributed by atoms with Crippen LogP contribution < -0.4 is 5.73 Å². The second-order valence-electron chi connectivity index (χ2n) is 3.78. The molecule has 11 heteroatoms. The Kier molecular flexibility index (Phi) is 8.19. The minimum absolute atomic E-state index is 0.0493. The molecule has 0 saturated carbocycles. The molecule has 0 aliphatic carbocycles. The lowest BCUT2D eigenvalue weighted by Gasteiger charge is -2.13. The molecule has 0 bridgehead atoms. The number of aryl methyl sites for hydroxylation is 1. The van der Waals surface area contributed by atoms with E-state index in [2.05, 4.69) is 20.9 Å². The van der Waals surface area contributed by atoms with Crippen LogP contribution in [0, 0.1) is 6.92 Å². The Bertz CT molecular complexity index is 553. The zero-order valence-electron chi connectivity index (χ0n) is 11.0. The van der Waals surface area contributed by atoms with Crippen LogP contribution in [0.3, 0.4) is 0 Å². The fourth-order valence-electron chi connectivity index (χ4n) is 1.48. The van der Waals surface area contributed by atoms with Gasteiger partial charge in [-0.2, -0.15) is 0 Å². The second kappa shape index (κ2) is 8.54. The van der Waals surface area contributed by atoms with Crippen molar-refractivity contribution in [3.63, 3.8) is 0 Å². The number of hydrogen-bond acceptors (Lipinski definition) is 6. The van der Waals surface area contributed by atoms with Gasteiger partial charge in [-0.05, 0) is 6.92 Å². The number of rotatable bonds is 4. The molecule has 0 aliphatic heterocycles. The molecule has 0 spiro atoms. The third-order valence-corrected chi connectivity index (χ3v) is 2.82. The molecule has 1 aromatic rings. The Morgan fingerprint density at radius 1 is 1.33 bits per heavy atom. The van der Waals surface area contributed by atoms with Gasteiger partial charge in [0.2, 0.25) is 0 Å². The van der Waals surface area contributed by atoms with Crippen LogP contribution in [0.1, 0.15) is 27.3 Å². The number of nitrogens with zero attached hydrogens (tertiary/aromatic N) is 1. The van der Waals surface area contributed by atoms with Crippen LogP contribution in [0.25, 0.3) is 0 Å². The molecule has 0 amide bonds. The number of halogens is 1. The molecule has 9 nitrogen and oxygen atoms in total. The Labute approximate surface area is 128 Å². The Morgan fingerprint density at radius 3 is 2.14 bits per heavy atom. The fraction of sp³-hybridized carbons (Fsp3) is 0.400. The highest BCUT2D eigenvalue weighted by atomic mass is 79.9. The summed E-state index contributed by atoms with van der Waals surface area (Å²) < 4.78 is 8.88. The molecular weight excluding hydrogens is 371 g/mol. The largest absolute Gasteiger partial charge is 0.506 e. The van der Waals surface area contributed by atoms with Crippen molar-refractivity contribution in [2.75, 3.05) is 5.33 Å². The lowest BCUT2D eigenvalue weighted by Crippen LogP contribution is -2.14. The lowest BCUT2D eigenvalue weighted by molar-refractivity contribution is 0.101. The highest BCUT2D eigenvalue weighted by molar-refractivity contribution is 9.09. The maximum absolute atomic E-state index is 11.6. The molecule has 7 N–H and O–H groups in total. The molecule has 21 heavy (non-hydrogen) atoms. The average Bonchev–Trinajstić information content (AvgIpc) is 2.38. The van der Waals surface area contributed by atoms with E-state index in [1.54, 1.807) is 6.92 Å². The number of carbonyl (C=O) groups is 1. The van der Waals surface area contributed by atoms with Crippen LogP contribution in [0.2, 0.25) is 0 Å². The van der Waals surface area contributed by atoms with Gasteiger partial charge < -0.3 is 30.6 Å². The van der Waals surface area contributed by atoms with Gasteiger partial charge in [-0.1, -0.05) is 15.9 Å². The number of aliphatic hydroxyl groups is 1. The van der Waals surface area contributed by atoms with Crippen LogP contribution >= 0.6 is 23.8 Å². The number of pyridine rings is 1. The van der Waals surface area contributed by atoms with Crippen LogP contribution in [0.5, 0.6) is 5.75 Å². The molecule has 1 aromatic heterocycles. The minimum atomic E-state index is -4.64. The van der Waals surface area contributed by atoms with Crippen LogP contribution in [-0.4, -0.2) is 41.0 Å². The van der Waals surface area contributed by atoms with E-state index in [1.807, 2.05) is 0 Å². The van der Waals surface area contributed by atoms with E-state index in [0.29, 0.717) is 16.8 Å². The van der Waals surface area contributed by atoms with Gasteiger partial charge in [0.1, 0.15) is 11.4 Å². The number of aromatic nitrogens is 1. The second-order valence-corrected chi connectivity index (χ2v) is 5.37. The van der Waals surface area contributed by atoms with Crippen LogP contribution in [0.15, 0.2) is 0 Å². The zero-order chi connectivity index (χ0) is 16.8. The summed E-state index contributed by atoms with van der Waals surface area (Å²) in [5.41, 5.74) is 6.66. The minimum Gasteiger partial charge on any atom is -0.506 e. The summed E-state index contributed by atoms with van der Waals surface area (Å²) in [6, 6.07) is 0. The highest BCUT2D eigenvalue weighted by Gasteiger charge is 2.19. The standard InChI is InChI=1S/C10H13BrN2O3.H3O4P/c1-5-10(16)6(3-12)7(4-14)9(13-5)8(15)2-11;1-5(2,3)4/h14,16H,2-4,12H2,1H3;(H3,1,2,3,4). The molecule has 1 heterocycles. The molecule has 0 radical (unpaired) electrons. The number of Topliss-reactive ketones (excluding diaryl/α,β-unsaturated/α-hetero) is 1. The number of nitrogens with two attached hydrogens (primary N) is 1. The number of carbonyl (C=O) groups excluding carboxylic acids is 1. The molecule has 0 atom stereocenters. The molecule has 0 aromatic carbocycles. The average molecular weight is 387 g/mol. The summed E-state index contributed by atoms with van der Waals surface area (Å²) in [6.07, 6.45) is 0. The molecule has 0 unspecified atom stereocenters. The van der Waals surface area contributed by atoms with E-state index in [9.17, 15) is 15.0 Å². The van der Waals surface area contributed by atoms with E-state index >= 15 is 0 Å². The molecule has 0 fully saturated rings. The third-order valence-electron chi connectivity index (χ3n) is 2.31. The van der Waals surface area contributed by atoms with Gasteiger partial charge in [0.25, 0.3) is 0 Å². The molecular formula is C10H16BrN2O7P. The van der Waals surface area contributed by atoms with Crippen molar-refractivity contribution in [1.82, 2.24) is 4.98 Å². The highest BCUT2D eigenvalue weighted by Crippen LogP contribution is 2.27. The van der Waals surface area contributed by atoms with Gasteiger partial charge in [0.05, 0.1) is 17.6 Å². The van der Waals surface area contributed by atoms with Gasteiger partial charge in [-0.15, -0.1) is 0 Å². The number of phosphoric acid groups is 1. The predicted molar refractivity (Wildman–Crippen MR) is 76.8 cm³/mol. The number of aromatic hydroxyl groups is 1. The quantitative estimate of drug-likeness (QED) is 0.230. The normalized spacial score (nSPS) is 10.8. The summed E-state index contributed by atoms with van der Waals surface area (Å²) in [5, 5.41) is 19.0. The molecule has 1 rings (SSSR count). The molecule has 0 aliphatic rings. The summed E-state index contributed by atoms with van der Waals surface area (Å²) in [7, 11) is -4.64. The van der Waals surface area contributed by atoms with Gasteiger partial charge in [0, 0.05) is 17.7 Å². The van der Waals surface area contributed by atoms with Gasteiger partial charge in [-0.3, -0.25) is 4.79 Å². The molecule has 120 valence electrons. The monoisotopic (exact) mass is 386 g/mol. The van der Waals surface area contributed by atoms with Crippen molar-refractivity contribution < 1.29 is 34.3 Å². The maximum atomic E-state index is 11.6. The van der Waals surface area contributed by atoms with Crippen LogP contribution in [-0.2, 0) is 17.7 Å².